The second-order valence-electron chi connectivity index (χ2n) is 7.47. The van der Waals surface area contributed by atoms with Crippen LogP contribution in [0.4, 0.5) is 0 Å². The highest BCUT2D eigenvalue weighted by Crippen LogP contribution is 2.26. The molecule has 0 spiro atoms. The minimum absolute atomic E-state index is 0.203. The van der Waals surface area contributed by atoms with Crippen LogP contribution in [0.15, 0.2) is 71.7 Å². The first-order chi connectivity index (χ1) is 15.0. The Bertz CT molecular complexity index is 1150. The summed E-state index contributed by atoms with van der Waals surface area (Å²) >= 11 is 6.51. The molecular formula is C25H22ClN3O2. The van der Waals surface area contributed by atoms with E-state index in [1.807, 2.05) is 42.5 Å². The molecule has 31 heavy (non-hydrogen) atoms. The molecule has 0 aromatic heterocycles. The lowest BCUT2D eigenvalue weighted by Crippen LogP contribution is -2.29. The number of hydrogen-bond donors (Lipinski definition) is 1. The first kappa shape index (κ1) is 20.8. The Hall–Kier alpha value is -3.44. The Labute approximate surface area is 186 Å². The number of amides is 2. The number of nitrogens with zero attached hydrogens (tertiary/aromatic N) is 2. The number of amidine groups is 1. The van der Waals surface area contributed by atoms with Gasteiger partial charge >= 0.3 is 0 Å². The first-order valence-corrected chi connectivity index (χ1v) is 10.4. The number of imide groups is 1. The van der Waals surface area contributed by atoms with Crippen LogP contribution in [0.25, 0.3) is 0 Å². The maximum atomic E-state index is 12.6. The predicted octanol–water partition coefficient (Wildman–Crippen LogP) is 4.26. The third kappa shape index (κ3) is 4.23. The van der Waals surface area contributed by atoms with E-state index in [0.29, 0.717) is 22.0 Å². The molecular weight excluding hydrogens is 410 g/mol. The van der Waals surface area contributed by atoms with Crippen molar-refractivity contribution in [1.82, 2.24) is 4.90 Å². The van der Waals surface area contributed by atoms with Crippen molar-refractivity contribution in [2.24, 2.45) is 10.7 Å². The molecule has 0 aliphatic carbocycles. The van der Waals surface area contributed by atoms with Gasteiger partial charge in [0.05, 0.1) is 17.7 Å². The highest BCUT2D eigenvalue weighted by molar-refractivity contribution is 6.31. The Morgan fingerprint density at radius 1 is 0.903 bits per heavy atom. The van der Waals surface area contributed by atoms with E-state index < -0.39 is 0 Å². The number of hydrogen-bond acceptors (Lipinski definition) is 3. The van der Waals surface area contributed by atoms with Gasteiger partial charge in [-0.05, 0) is 47.7 Å². The quantitative estimate of drug-likeness (QED) is 0.360. The Kier molecular flexibility index (Phi) is 5.87. The normalized spacial score (nSPS) is 13.6. The third-order valence-corrected chi connectivity index (χ3v) is 5.86. The molecule has 1 aliphatic rings. The van der Waals surface area contributed by atoms with Crippen molar-refractivity contribution in [1.29, 1.82) is 0 Å². The second-order valence-corrected chi connectivity index (χ2v) is 7.88. The third-order valence-electron chi connectivity index (χ3n) is 5.51. The molecule has 156 valence electrons. The molecule has 4 rings (SSSR count). The van der Waals surface area contributed by atoms with Gasteiger partial charge in [-0.1, -0.05) is 60.1 Å². The fourth-order valence-electron chi connectivity index (χ4n) is 3.71. The van der Waals surface area contributed by atoms with Crippen molar-refractivity contribution in [2.75, 3.05) is 7.05 Å². The molecule has 3 aromatic rings. The van der Waals surface area contributed by atoms with Gasteiger partial charge in [0.25, 0.3) is 11.8 Å². The molecule has 0 fully saturated rings. The van der Waals surface area contributed by atoms with Crippen LogP contribution in [0.5, 0.6) is 0 Å². The lowest BCUT2D eigenvalue weighted by atomic mass is 10.0. The molecule has 1 aliphatic heterocycles. The molecule has 2 amide bonds. The molecule has 5 nitrogen and oxygen atoms in total. The largest absolute Gasteiger partial charge is 0.384 e. The highest BCUT2D eigenvalue weighted by Gasteiger charge is 2.34. The van der Waals surface area contributed by atoms with Crippen LogP contribution in [0.2, 0.25) is 5.02 Å². The lowest BCUT2D eigenvalue weighted by Gasteiger charge is -2.15. The monoisotopic (exact) mass is 431 g/mol. The minimum Gasteiger partial charge on any atom is -0.384 e. The van der Waals surface area contributed by atoms with Crippen LogP contribution in [-0.4, -0.2) is 29.6 Å². The fourth-order valence-corrected chi connectivity index (χ4v) is 4.01. The predicted molar refractivity (Wildman–Crippen MR) is 123 cm³/mol. The molecule has 2 N–H and O–H groups in total. The summed E-state index contributed by atoms with van der Waals surface area (Å²) in [5.74, 6) is -0.0146. The van der Waals surface area contributed by atoms with Crippen LogP contribution >= 0.6 is 11.6 Å². The number of aliphatic imine (C=N–C) groups is 1. The first-order valence-electron chi connectivity index (χ1n) is 10.0. The summed E-state index contributed by atoms with van der Waals surface area (Å²) in [7, 11) is 1.67. The van der Waals surface area contributed by atoms with Crippen molar-refractivity contribution < 1.29 is 9.59 Å². The van der Waals surface area contributed by atoms with E-state index in [1.54, 1.807) is 31.3 Å². The van der Waals surface area contributed by atoms with Crippen molar-refractivity contribution in [2.45, 2.75) is 19.4 Å². The standard InChI is InChI=1S/C25H22ClN3O2/c1-28-23(27)19-12-7-16(8-13-19)6-10-18-11-9-17(14-22(18)26)15-29-24(30)20-4-2-3-5-21(20)25(29)31/h2-5,7-9,11-14H,6,10,15H2,1H3,(H2,27,28). The average molecular weight is 432 g/mol. The van der Waals surface area contributed by atoms with E-state index in [2.05, 4.69) is 4.99 Å². The summed E-state index contributed by atoms with van der Waals surface area (Å²) in [6.07, 6.45) is 1.61. The van der Waals surface area contributed by atoms with Crippen LogP contribution < -0.4 is 5.73 Å². The molecule has 1 heterocycles. The number of carbonyl (C=O) groups is 2. The maximum Gasteiger partial charge on any atom is 0.261 e. The zero-order valence-corrected chi connectivity index (χ0v) is 17.9. The highest BCUT2D eigenvalue weighted by atomic mass is 35.5. The van der Waals surface area contributed by atoms with E-state index in [0.717, 1.165) is 29.5 Å². The summed E-state index contributed by atoms with van der Waals surface area (Å²) in [5.41, 5.74) is 10.7. The molecule has 0 radical (unpaired) electrons. The maximum absolute atomic E-state index is 12.6. The van der Waals surface area contributed by atoms with E-state index in [1.165, 1.54) is 10.5 Å². The fraction of sp³-hybridized carbons (Fsp3) is 0.160. The average Bonchev–Trinajstić information content (AvgIpc) is 3.03. The molecule has 0 atom stereocenters. The molecule has 6 heteroatoms. The minimum atomic E-state index is -0.266. The van der Waals surface area contributed by atoms with Gasteiger partial charge in [-0.3, -0.25) is 19.5 Å². The summed E-state index contributed by atoms with van der Waals surface area (Å²) in [4.78, 5) is 30.4. The number of halogens is 1. The zero-order valence-electron chi connectivity index (χ0n) is 17.1. The SMILES string of the molecule is CN=C(N)c1ccc(CCc2ccc(CN3C(=O)c4ccccc4C3=O)cc2Cl)cc1. The van der Waals surface area contributed by atoms with Gasteiger partial charge in [-0.15, -0.1) is 0 Å². The molecule has 0 unspecified atom stereocenters. The lowest BCUT2D eigenvalue weighted by molar-refractivity contribution is 0.0642. The van der Waals surface area contributed by atoms with Gasteiger partial charge in [0.15, 0.2) is 0 Å². The van der Waals surface area contributed by atoms with Crippen molar-refractivity contribution in [3.05, 3.63) is 105 Å². The number of aryl methyl sites for hydroxylation is 2. The summed E-state index contributed by atoms with van der Waals surface area (Å²) in [5, 5.41) is 0.632. The number of fused-ring (bicyclic) bond motifs is 1. The van der Waals surface area contributed by atoms with E-state index in [4.69, 9.17) is 17.3 Å². The van der Waals surface area contributed by atoms with Crippen LogP contribution in [0.3, 0.4) is 0 Å². The van der Waals surface area contributed by atoms with Crippen molar-refractivity contribution in [3.63, 3.8) is 0 Å². The zero-order chi connectivity index (χ0) is 22.0. The molecule has 0 bridgehead atoms. The summed E-state index contributed by atoms with van der Waals surface area (Å²) in [6, 6.07) is 20.6. The van der Waals surface area contributed by atoms with Gasteiger partial charge < -0.3 is 5.73 Å². The van der Waals surface area contributed by atoms with Gasteiger partial charge in [0, 0.05) is 17.6 Å². The number of nitrogens with two attached hydrogens (primary N) is 1. The number of rotatable bonds is 6. The second kappa shape index (κ2) is 8.74. The van der Waals surface area contributed by atoms with Crippen molar-refractivity contribution in [3.8, 4) is 0 Å². The molecule has 3 aromatic carbocycles. The van der Waals surface area contributed by atoms with Crippen LogP contribution in [-0.2, 0) is 19.4 Å². The Balaban J connectivity index is 1.42. The van der Waals surface area contributed by atoms with Crippen LogP contribution in [0, 0.1) is 0 Å². The summed E-state index contributed by atoms with van der Waals surface area (Å²) < 4.78 is 0. The molecule has 0 saturated carbocycles. The number of benzene rings is 3. The van der Waals surface area contributed by atoms with E-state index in [-0.39, 0.29) is 18.4 Å². The molecule has 0 saturated heterocycles. The topological polar surface area (TPSA) is 75.8 Å². The van der Waals surface area contributed by atoms with E-state index in [9.17, 15) is 9.59 Å². The Morgan fingerprint density at radius 2 is 1.52 bits per heavy atom. The van der Waals surface area contributed by atoms with E-state index >= 15 is 0 Å². The van der Waals surface area contributed by atoms with Gasteiger partial charge in [0.2, 0.25) is 0 Å². The summed E-state index contributed by atoms with van der Waals surface area (Å²) in [6.45, 7) is 0.203. The van der Waals surface area contributed by atoms with Gasteiger partial charge in [-0.2, -0.15) is 0 Å². The van der Waals surface area contributed by atoms with Gasteiger partial charge in [0.1, 0.15) is 5.84 Å². The number of carbonyl (C=O) groups excluding carboxylic acids is 2. The van der Waals surface area contributed by atoms with Crippen LogP contribution in [0.1, 0.15) is 43.0 Å². The smallest absolute Gasteiger partial charge is 0.261 e. The Morgan fingerprint density at radius 3 is 2.10 bits per heavy atom. The van der Waals surface area contributed by atoms with Gasteiger partial charge in [-0.25, -0.2) is 0 Å². The van der Waals surface area contributed by atoms with Crippen molar-refractivity contribution >= 4 is 29.3 Å².